The Morgan fingerprint density at radius 1 is 1.00 bits per heavy atom. The molecule has 0 atom stereocenters. The molecule has 0 aliphatic heterocycles. The Labute approximate surface area is 99.0 Å². The summed E-state index contributed by atoms with van der Waals surface area (Å²) < 4.78 is 0. The third-order valence-corrected chi connectivity index (χ3v) is 0.408. The third kappa shape index (κ3) is 17.6. The molecule has 0 saturated carbocycles. The van der Waals surface area contributed by atoms with Crippen LogP contribution in [-0.2, 0) is 0 Å². The van der Waals surface area contributed by atoms with Crippen LogP contribution in [-0.4, -0.2) is 72.2 Å². The Bertz CT molecular complexity index is 98.0. The zero-order valence-electron chi connectivity index (χ0n) is 5.81. The minimum Gasteiger partial charge on any atom is -0.292 e. The van der Waals surface area contributed by atoms with E-state index in [1.54, 1.807) is 0 Å². The van der Waals surface area contributed by atoms with Crippen LogP contribution in [0, 0.1) is 22.7 Å². The number of nitrogens with one attached hydrogen (secondary N) is 1. The summed E-state index contributed by atoms with van der Waals surface area (Å²) in [5, 5.41) is 18.3. The molecule has 0 rings (SSSR count). The largest absolute Gasteiger partial charge is 0.292 e. The summed E-state index contributed by atoms with van der Waals surface area (Å²) in [6.07, 6.45) is 0. The minimum atomic E-state index is 0. The van der Waals surface area contributed by atoms with E-state index in [0.717, 1.165) is 0 Å². The maximum absolute atomic E-state index is 7.87. The van der Waals surface area contributed by atoms with Crippen molar-refractivity contribution in [3.8, 4) is 12.1 Å². The molecule has 0 unspecified atom stereocenters. The molecule has 0 spiro atoms. The van der Waals surface area contributed by atoms with E-state index in [1.165, 1.54) is 0 Å². The molecular formula is C4H5N3Na2. The maximum Gasteiger partial charge on any atom is 0.0848 e. The third-order valence-electron chi connectivity index (χ3n) is 0.408. The number of hydrogen-bond acceptors (Lipinski definition) is 3. The quantitative estimate of drug-likeness (QED) is 0.300. The van der Waals surface area contributed by atoms with Crippen molar-refractivity contribution in [1.29, 1.82) is 10.5 Å². The van der Waals surface area contributed by atoms with Crippen LogP contribution in [0.25, 0.3) is 0 Å². The van der Waals surface area contributed by atoms with Gasteiger partial charge in [0.15, 0.2) is 0 Å². The fraction of sp³-hybridized carbons (Fsp3) is 0.500. The predicted molar refractivity (Wildman–Crippen MR) is 35.6 cm³/mol. The molecule has 3 nitrogen and oxygen atoms in total. The Morgan fingerprint density at radius 3 is 1.56 bits per heavy atom. The average molecular weight is 141 g/mol. The molecule has 9 heavy (non-hydrogen) atoms. The summed E-state index contributed by atoms with van der Waals surface area (Å²) in [4.78, 5) is 0. The van der Waals surface area contributed by atoms with Gasteiger partial charge in [-0.25, -0.2) is 0 Å². The summed E-state index contributed by atoms with van der Waals surface area (Å²) >= 11 is 0. The van der Waals surface area contributed by atoms with E-state index in [0.29, 0.717) is 0 Å². The number of hydrogen-bond donors (Lipinski definition) is 1. The fourth-order valence-corrected chi connectivity index (χ4v) is 0.174. The number of nitriles is 2. The van der Waals surface area contributed by atoms with Crippen molar-refractivity contribution in [2.24, 2.45) is 0 Å². The smallest absolute Gasteiger partial charge is 0.0848 e. The van der Waals surface area contributed by atoms with Gasteiger partial charge in [-0.2, -0.15) is 10.5 Å². The molecule has 0 saturated heterocycles. The van der Waals surface area contributed by atoms with Gasteiger partial charge in [0.2, 0.25) is 0 Å². The van der Waals surface area contributed by atoms with Gasteiger partial charge in [0.05, 0.1) is 25.2 Å². The first kappa shape index (κ1) is 16.5. The van der Waals surface area contributed by atoms with Crippen molar-refractivity contribution in [3.05, 3.63) is 0 Å². The molecule has 1 N–H and O–H groups in total. The molecule has 2 radical (unpaired) electrons. The number of rotatable bonds is 2. The van der Waals surface area contributed by atoms with Crippen molar-refractivity contribution in [1.82, 2.24) is 5.32 Å². The maximum atomic E-state index is 7.87. The first-order chi connectivity index (χ1) is 3.41. The van der Waals surface area contributed by atoms with Crippen molar-refractivity contribution < 1.29 is 0 Å². The molecule has 0 aromatic rings. The molecule has 0 aliphatic carbocycles. The minimum absolute atomic E-state index is 0. The molecule has 0 aliphatic rings. The number of nitrogens with zero attached hydrogens (tertiary/aromatic N) is 2. The van der Waals surface area contributed by atoms with Gasteiger partial charge in [-0.1, -0.05) is 0 Å². The summed E-state index contributed by atoms with van der Waals surface area (Å²) in [6, 6.07) is 3.68. The molecule has 5 heteroatoms. The standard InChI is InChI=1S/C4H5N3.2Na/c5-1-3-7-4-2-6;;/h7H,3-4H2;;. The first-order valence-electron chi connectivity index (χ1n) is 1.86. The van der Waals surface area contributed by atoms with E-state index in [-0.39, 0.29) is 72.2 Å². The molecule has 0 aromatic carbocycles. The Kier molecular flexibility index (Phi) is 29.3. The average Bonchev–Trinajstić information content (AvgIpc) is 1.69. The van der Waals surface area contributed by atoms with E-state index in [9.17, 15) is 0 Å². The van der Waals surface area contributed by atoms with Gasteiger partial charge in [0.25, 0.3) is 0 Å². The van der Waals surface area contributed by atoms with Crippen molar-refractivity contribution in [2.45, 2.75) is 0 Å². The molecule has 0 heterocycles. The normalized spacial score (nSPS) is 5.11. The van der Waals surface area contributed by atoms with Gasteiger partial charge in [0, 0.05) is 59.1 Å². The molecule has 0 amide bonds. The first-order valence-corrected chi connectivity index (χ1v) is 1.86. The fourth-order valence-electron chi connectivity index (χ4n) is 0.174. The van der Waals surface area contributed by atoms with Crippen LogP contribution in [0.5, 0.6) is 0 Å². The van der Waals surface area contributed by atoms with Gasteiger partial charge >= 0.3 is 0 Å². The molecule has 0 aromatic heterocycles. The molecule has 0 bridgehead atoms. The second-order valence-corrected chi connectivity index (χ2v) is 0.920. The van der Waals surface area contributed by atoms with E-state index < -0.39 is 0 Å². The second-order valence-electron chi connectivity index (χ2n) is 0.920. The van der Waals surface area contributed by atoms with E-state index in [2.05, 4.69) is 5.32 Å². The Balaban J connectivity index is -0.000000180. The van der Waals surface area contributed by atoms with Crippen molar-refractivity contribution >= 4 is 59.1 Å². The molecule has 0 fully saturated rings. The second kappa shape index (κ2) is 16.0. The summed E-state index contributed by atoms with van der Waals surface area (Å²) in [6.45, 7) is 0.515. The topological polar surface area (TPSA) is 59.6 Å². The zero-order valence-corrected chi connectivity index (χ0v) is 9.81. The van der Waals surface area contributed by atoms with Gasteiger partial charge in [-0.15, -0.1) is 0 Å². The van der Waals surface area contributed by atoms with Crippen molar-refractivity contribution in [2.75, 3.05) is 13.1 Å². The molecule has 38 valence electrons. The predicted octanol–water partition coefficient (Wildman–Crippen LogP) is -1.14. The Morgan fingerprint density at radius 2 is 1.33 bits per heavy atom. The van der Waals surface area contributed by atoms with E-state index >= 15 is 0 Å². The van der Waals surface area contributed by atoms with Crippen molar-refractivity contribution in [3.63, 3.8) is 0 Å². The van der Waals surface area contributed by atoms with E-state index in [1.807, 2.05) is 12.1 Å². The summed E-state index contributed by atoms with van der Waals surface area (Å²) in [7, 11) is 0. The Hall–Kier alpha value is 0.940. The summed E-state index contributed by atoms with van der Waals surface area (Å²) in [5.74, 6) is 0. The van der Waals surface area contributed by atoms with Gasteiger partial charge < -0.3 is 0 Å². The van der Waals surface area contributed by atoms with Crippen LogP contribution in [0.15, 0.2) is 0 Å². The molecular weight excluding hydrogens is 136 g/mol. The van der Waals surface area contributed by atoms with Gasteiger partial charge in [-0.3, -0.25) is 5.32 Å². The van der Waals surface area contributed by atoms with Gasteiger partial charge in [0.1, 0.15) is 0 Å². The monoisotopic (exact) mass is 141 g/mol. The van der Waals surface area contributed by atoms with E-state index in [4.69, 9.17) is 10.5 Å². The SMILES string of the molecule is N#CCNCC#N.[Na].[Na]. The van der Waals surface area contributed by atoms with Crippen LogP contribution in [0.3, 0.4) is 0 Å². The summed E-state index contributed by atoms with van der Waals surface area (Å²) in [5.41, 5.74) is 0. The van der Waals surface area contributed by atoms with Crippen LogP contribution in [0.4, 0.5) is 0 Å². The zero-order chi connectivity index (χ0) is 5.54. The van der Waals surface area contributed by atoms with Crippen LogP contribution < -0.4 is 5.32 Å². The van der Waals surface area contributed by atoms with Gasteiger partial charge in [-0.05, 0) is 0 Å². The van der Waals surface area contributed by atoms with Crippen LogP contribution in [0.1, 0.15) is 0 Å². The van der Waals surface area contributed by atoms with Crippen LogP contribution in [0.2, 0.25) is 0 Å². The van der Waals surface area contributed by atoms with Crippen LogP contribution >= 0.6 is 0 Å².